The molecule has 0 fully saturated rings. The third-order valence-electron chi connectivity index (χ3n) is 5.65. The van der Waals surface area contributed by atoms with Gasteiger partial charge in [0.1, 0.15) is 0 Å². The molecule has 0 amide bonds. The Kier molecular flexibility index (Phi) is 4.03. The van der Waals surface area contributed by atoms with Gasteiger partial charge in [-0.2, -0.15) is 0 Å². The van der Waals surface area contributed by atoms with Crippen molar-refractivity contribution in [3.63, 3.8) is 0 Å². The number of para-hydroxylation sites is 1. The zero-order chi connectivity index (χ0) is 19.9. The van der Waals surface area contributed by atoms with Crippen LogP contribution in [0.1, 0.15) is 0 Å². The molecule has 1 heterocycles. The lowest BCUT2D eigenvalue weighted by molar-refractivity contribution is 1.58. The first kappa shape index (κ1) is 17.3. The lowest BCUT2D eigenvalue weighted by atomic mass is 10.00. The predicted molar refractivity (Wildman–Crippen MR) is 132 cm³/mol. The summed E-state index contributed by atoms with van der Waals surface area (Å²) in [5.74, 6) is 0. The molecule has 0 spiro atoms. The fourth-order valence-corrected chi connectivity index (χ4v) is 5.63. The summed E-state index contributed by atoms with van der Waals surface area (Å²) in [6, 6.07) is 38.8. The van der Waals surface area contributed by atoms with Crippen molar-refractivity contribution in [1.29, 1.82) is 0 Å². The Hall–Kier alpha value is -3.62. The van der Waals surface area contributed by atoms with E-state index in [1.54, 1.807) is 0 Å². The van der Waals surface area contributed by atoms with Crippen molar-refractivity contribution in [2.75, 3.05) is 5.32 Å². The van der Waals surface area contributed by atoms with E-state index in [0.717, 1.165) is 11.4 Å². The highest BCUT2D eigenvalue weighted by atomic mass is 32.1. The predicted octanol–water partition coefficient (Wildman–Crippen LogP) is 8.62. The topological polar surface area (TPSA) is 12.0 Å². The molecule has 0 atom stereocenters. The van der Waals surface area contributed by atoms with Gasteiger partial charge in [0, 0.05) is 31.5 Å². The van der Waals surface area contributed by atoms with Gasteiger partial charge in [0.15, 0.2) is 0 Å². The molecule has 142 valence electrons. The summed E-state index contributed by atoms with van der Waals surface area (Å²) < 4.78 is 2.68. The van der Waals surface area contributed by atoms with Crippen LogP contribution >= 0.6 is 11.3 Å². The third-order valence-corrected chi connectivity index (χ3v) is 6.92. The van der Waals surface area contributed by atoms with Crippen LogP contribution in [0.2, 0.25) is 0 Å². The molecular formula is C28H19NS. The van der Waals surface area contributed by atoms with Gasteiger partial charge in [-0.15, -0.1) is 11.3 Å². The van der Waals surface area contributed by atoms with Crippen molar-refractivity contribution in [3.8, 4) is 11.1 Å². The van der Waals surface area contributed by atoms with E-state index in [9.17, 15) is 0 Å². The molecule has 2 heteroatoms. The van der Waals surface area contributed by atoms with Gasteiger partial charge < -0.3 is 5.32 Å². The molecule has 5 aromatic carbocycles. The summed E-state index contributed by atoms with van der Waals surface area (Å²) in [6.45, 7) is 0. The van der Waals surface area contributed by atoms with Crippen molar-refractivity contribution in [2.45, 2.75) is 0 Å². The van der Waals surface area contributed by atoms with Gasteiger partial charge in [-0.1, -0.05) is 91.0 Å². The Balaban J connectivity index is 1.70. The second-order valence-electron chi connectivity index (χ2n) is 7.49. The maximum absolute atomic E-state index is 3.66. The molecule has 0 aliphatic heterocycles. The number of hydrogen-bond acceptors (Lipinski definition) is 2. The quantitative estimate of drug-likeness (QED) is 0.313. The molecule has 0 saturated heterocycles. The number of benzene rings is 5. The SMILES string of the molecule is c1ccc(Nc2ccc(-c3ccccc3)c3sc4c5ccccc5ccc4c23)cc1. The summed E-state index contributed by atoms with van der Waals surface area (Å²) >= 11 is 1.90. The van der Waals surface area contributed by atoms with Crippen molar-refractivity contribution < 1.29 is 0 Å². The standard InChI is InChI=1S/C28H19NS/c1-3-9-19(10-4-1)23-17-18-25(29-21-12-5-2-6-13-21)26-24-16-15-20-11-7-8-14-22(20)27(24)30-28(23)26/h1-18,29H. The first-order chi connectivity index (χ1) is 14.9. The minimum absolute atomic E-state index is 1.10. The number of fused-ring (bicyclic) bond motifs is 5. The molecule has 6 aromatic rings. The van der Waals surface area contributed by atoms with Crippen LogP contribution in [0.5, 0.6) is 0 Å². The van der Waals surface area contributed by atoms with Gasteiger partial charge >= 0.3 is 0 Å². The first-order valence-electron chi connectivity index (χ1n) is 10.1. The molecule has 6 rings (SSSR count). The van der Waals surface area contributed by atoms with E-state index in [-0.39, 0.29) is 0 Å². The molecule has 0 aliphatic carbocycles. The molecule has 0 aliphatic rings. The summed E-state index contributed by atoms with van der Waals surface area (Å²) in [7, 11) is 0. The Morgan fingerprint density at radius 2 is 1.27 bits per heavy atom. The zero-order valence-electron chi connectivity index (χ0n) is 16.3. The van der Waals surface area contributed by atoms with Gasteiger partial charge in [0.25, 0.3) is 0 Å². The average molecular weight is 402 g/mol. The lowest BCUT2D eigenvalue weighted by Gasteiger charge is -2.11. The number of rotatable bonds is 3. The Bertz CT molecular complexity index is 1500. The summed E-state index contributed by atoms with van der Waals surface area (Å²) in [5.41, 5.74) is 4.79. The fraction of sp³-hybridized carbons (Fsp3) is 0. The van der Waals surface area contributed by atoms with Crippen LogP contribution in [0.3, 0.4) is 0 Å². The van der Waals surface area contributed by atoms with E-state index in [2.05, 4.69) is 108 Å². The van der Waals surface area contributed by atoms with Crippen LogP contribution < -0.4 is 5.32 Å². The van der Waals surface area contributed by atoms with Crippen LogP contribution in [0.25, 0.3) is 42.1 Å². The molecule has 0 saturated carbocycles. The van der Waals surface area contributed by atoms with E-state index in [1.165, 1.54) is 42.1 Å². The maximum Gasteiger partial charge on any atom is 0.0479 e. The number of thiophene rings is 1. The molecule has 1 nitrogen and oxygen atoms in total. The van der Waals surface area contributed by atoms with E-state index >= 15 is 0 Å². The molecule has 0 radical (unpaired) electrons. The van der Waals surface area contributed by atoms with Gasteiger partial charge in [0.2, 0.25) is 0 Å². The number of anilines is 2. The monoisotopic (exact) mass is 401 g/mol. The summed E-state index contributed by atoms with van der Waals surface area (Å²) in [5, 5.41) is 8.87. The Labute approximate surface area is 179 Å². The van der Waals surface area contributed by atoms with Crippen LogP contribution in [0.4, 0.5) is 11.4 Å². The van der Waals surface area contributed by atoms with Crippen LogP contribution in [0, 0.1) is 0 Å². The summed E-state index contributed by atoms with van der Waals surface area (Å²) in [4.78, 5) is 0. The second kappa shape index (κ2) is 7.01. The van der Waals surface area contributed by atoms with Crippen LogP contribution in [0.15, 0.2) is 109 Å². The van der Waals surface area contributed by atoms with Crippen molar-refractivity contribution >= 4 is 53.7 Å². The van der Waals surface area contributed by atoms with Crippen molar-refractivity contribution in [3.05, 3.63) is 109 Å². The van der Waals surface area contributed by atoms with Crippen LogP contribution in [-0.2, 0) is 0 Å². The lowest BCUT2D eigenvalue weighted by Crippen LogP contribution is -1.91. The molecule has 1 aromatic heterocycles. The first-order valence-corrected chi connectivity index (χ1v) is 10.9. The molecule has 1 N–H and O–H groups in total. The maximum atomic E-state index is 3.66. The molecule has 0 bridgehead atoms. The van der Waals surface area contributed by atoms with E-state index in [4.69, 9.17) is 0 Å². The molecule has 30 heavy (non-hydrogen) atoms. The van der Waals surface area contributed by atoms with E-state index in [1.807, 2.05) is 17.4 Å². The minimum atomic E-state index is 1.10. The van der Waals surface area contributed by atoms with Crippen molar-refractivity contribution in [1.82, 2.24) is 0 Å². The normalized spacial score (nSPS) is 11.3. The highest BCUT2D eigenvalue weighted by molar-refractivity contribution is 7.27. The third kappa shape index (κ3) is 2.77. The van der Waals surface area contributed by atoms with Gasteiger partial charge in [-0.3, -0.25) is 0 Å². The van der Waals surface area contributed by atoms with Gasteiger partial charge in [-0.05, 0) is 40.1 Å². The number of nitrogens with one attached hydrogen (secondary N) is 1. The average Bonchev–Trinajstić information content (AvgIpc) is 3.21. The fourth-order valence-electron chi connectivity index (χ4n) is 4.23. The van der Waals surface area contributed by atoms with Crippen molar-refractivity contribution in [2.24, 2.45) is 0 Å². The van der Waals surface area contributed by atoms with Crippen LogP contribution in [-0.4, -0.2) is 0 Å². The number of hydrogen-bond donors (Lipinski definition) is 1. The van der Waals surface area contributed by atoms with E-state index < -0.39 is 0 Å². The minimum Gasteiger partial charge on any atom is -0.355 e. The molecular weight excluding hydrogens is 382 g/mol. The zero-order valence-corrected chi connectivity index (χ0v) is 17.1. The largest absolute Gasteiger partial charge is 0.355 e. The Morgan fingerprint density at radius 1 is 0.533 bits per heavy atom. The second-order valence-corrected chi connectivity index (χ2v) is 8.51. The van der Waals surface area contributed by atoms with Gasteiger partial charge in [0.05, 0.1) is 0 Å². The Morgan fingerprint density at radius 3 is 2.10 bits per heavy atom. The smallest absolute Gasteiger partial charge is 0.0479 e. The van der Waals surface area contributed by atoms with E-state index in [0.29, 0.717) is 0 Å². The highest BCUT2D eigenvalue weighted by Gasteiger charge is 2.16. The van der Waals surface area contributed by atoms with Gasteiger partial charge in [-0.25, -0.2) is 0 Å². The molecule has 0 unspecified atom stereocenters. The summed E-state index contributed by atoms with van der Waals surface area (Å²) in [6.07, 6.45) is 0. The highest BCUT2D eigenvalue weighted by Crippen LogP contribution is 2.46.